The van der Waals surface area contributed by atoms with Gasteiger partial charge < -0.3 is 16.0 Å². The van der Waals surface area contributed by atoms with E-state index in [1.807, 2.05) is 23.1 Å². The Kier molecular flexibility index (Phi) is 7.28. The lowest BCUT2D eigenvalue weighted by Crippen LogP contribution is -2.28. The first-order chi connectivity index (χ1) is 14.1. The number of para-hydroxylation sites is 1. The topological polar surface area (TPSA) is 70.7 Å². The first-order valence-electron chi connectivity index (χ1n) is 10.6. The van der Waals surface area contributed by atoms with E-state index in [1.165, 1.54) is 16.7 Å². The first-order valence-corrected chi connectivity index (χ1v) is 10.6. The number of carbonyl (C=O) groups is 1. The van der Waals surface area contributed by atoms with Gasteiger partial charge in [0.15, 0.2) is 5.96 Å². The summed E-state index contributed by atoms with van der Waals surface area (Å²) >= 11 is 0. The van der Waals surface area contributed by atoms with Crippen molar-refractivity contribution in [2.24, 2.45) is 16.6 Å². The van der Waals surface area contributed by atoms with Gasteiger partial charge in [-0.1, -0.05) is 62.4 Å². The Morgan fingerprint density at radius 2 is 1.79 bits per heavy atom. The number of aliphatic imine (C=N–C) groups is 1. The van der Waals surface area contributed by atoms with E-state index in [2.05, 4.69) is 54.5 Å². The third-order valence-corrected chi connectivity index (χ3v) is 5.58. The van der Waals surface area contributed by atoms with Gasteiger partial charge >= 0.3 is 0 Å². The van der Waals surface area contributed by atoms with Crippen LogP contribution in [-0.4, -0.2) is 36.4 Å². The molecule has 2 aromatic carbocycles. The molecule has 0 bridgehead atoms. The Bertz CT molecular complexity index is 825. The van der Waals surface area contributed by atoms with Crippen LogP contribution in [0.5, 0.6) is 0 Å². The van der Waals surface area contributed by atoms with Gasteiger partial charge in [0.25, 0.3) is 0 Å². The second kappa shape index (κ2) is 10.1. The van der Waals surface area contributed by atoms with E-state index in [9.17, 15) is 4.79 Å². The van der Waals surface area contributed by atoms with Gasteiger partial charge in [0.2, 0.25) is 5.91 Å². The zero-order valence-electron chi connectivity index (χ0n) is 17.5. The summed E-state index contributed by atoms with van der Waals surface area (Å²) in [6.45, 7) is 6.37. The summed E-state index contributed by atoms with van der Waals surface area (Å²) in [7, 11) is 0. The molecule has 1 unspecified atom stereocenters. The molecule has 29 heavy (non-hydrogen) atoms. The number of nitrogens with zero attached hydrogens (tertiary/aromatic N) is 2. The number of guanidine groups is 1. The Morgan fingerprint density at radius 3 is 2.45 bits per heavy atom. The van der Waals surface area contributed by atoms with Gasteiger partial charge in [-0.15, -0.1) is 0 Å². The van der Waals surface area contributed by atoms with Crippen molar-refractivity contribution in [3.8, 4) is 0 Å². The van der Waals surface area contributed by atoms with Crippen molar-refractivity contribution in [2.45, 2.75) is 39.5 Å². The third-order valence-electron chi connectivity index (χ3n) is 5.58. The van der Waals surface area contributed by atoms with Crippen LogP contribution < -0.4 is 11.1 Å². The van der Waals surface area contributed by atoms with Crippen LogP contribution in [0.4, 0.5) is 5.69 Å². The lowest BCUT2D eigenvalue weighted by Gasteiger charge is -2.17. The molecule has 3 N–H and O–H groups in total. The van der Waals surface area contributed by atoms with E-state index in [1.54, 1.807) is 0 Å². The highest BCUT2D eigenvalue weighted by Gasteiger charge is 2.28. The number of hydrogen-bond acceptors (Lipinski definition) is 2. The summed E-state index contributed by atoms with van der Waals surface area (Å²) in [5, 5.41) is 3.30. The summed E-state index contributed by atoms with van der Waals surface area (Å²) in [5.41, 5.74) is 11.0. The summed E-state index contributed by atoms with van der Waals surface area (Å²) in [6, 6.07) is 16.6. The predicted molar refractivity (Wildman–Crippen MR) is 120 cm³/mol. The summed E-state index contributed by atoms with van der Waals surface area (Å²) in [5.74, 6) is 0.874. The molecule has 0 saturated carbocycles. The van der Waals surface area contributed by atoms with Crippen LogP contribution in [0.1, 0.15) is 37.0 Å². The van der Waals surface area contributed by atoms with Crippen molar-refractivity contribution in [2.75, 3.05) is 25.0 Å². The number of hydrogen-bond donors (Lipinski definition) is 2. The normalized spacial score (nSPS) is 17.0. The number of rotatable bonds is 8. The molecule has 1 aliphatic heterocycles. The highest BCUT2D eigenvalue weighted by molar-refractivity contribution is 5.94. The van der Waals surface area contributed by atoms with E-state index >= 15 is 0 Å². The van der Waals surface area contributed by atoms with E-state index in [0.29, 0.717) is 18.9 Å². The average molecular weight is 393 g/mol. The third kappa shape index (κ3) is 5.59. The molecule has 0 radical (unpaired) electrons. The fourth-order valence-corrected chi connectivity index (χ4v) is 3.90. The molecule has 1 aliphatic rings. The highest BCUT2D eigenvalue weighted by Crippen LogP contribution is 2.23. The number of aryl methyl sites for hydroxylation is 2. The lowest BCUT2D eigenvalue weighted by atomic mass is 10.0. The van der Waals surface area contributed by atoms with E-state index < -0.39 is 0 Å². The lowest BCUT2D eigenvalue weighted by molar-refractivity contribution is -0.127. The number of nitrogens with one attached hydrogen (secondary N) is 1. The second-order valence-electron chi connectivity index (χ2n) is 7.65. The molecule has 2 aromatic rings. The van der Waals surface area contributed by atoms with Gasteiger partial charge in [0.05, 0.1) is 0 Å². The molecule has 1 saturated heterocycles. The fraction of sp³-hybridized carbons (Fsp3) is 0.417. The number of likely N-dealkylation sites (tertiary alicyclic amines) is 1. The average Bonchev–Trinajstić information content (AvgIpc) is 3.11. The molecule has 1 atom stereocenters. The van der Waals surface area contributed by atoms with E-state index in [-0.39, 0.29) is 11.8 Å². The van der Waals surface area contributed by atoms with Crippen LogP contribution in [-0.2, 0) is 24.1 Å². The summed E-state index contributed by atoms with van der Waals surface area (Å²) in [4.78, 5) is 18.8. The number of carbonyl (C=O) groups excluding carboxylic acids is 1. The molecule has 3 rings (SSSR count). The zero-order chi connectivity index (χ0) is 20.6. The minimum Gasteiger partial charge on any atom is -0.370 e. The highest BCUT2D eigenvalue weighted by atomic mass is 16.2. The molecular formula is C24H32N4O. The monoisotopic (exact) mass is 392 g/mol. The zero-order valence-corrected chi connectivity index (χ0v) is 17.5. The van der Waals surface area contributed by atoms with E-state index in [0.717, 1.165) is 38.0 Å². The van der Waals surface area contributed by atoms with Gasteiger partial charge in [-0.3, -0.25) is 9.79 Å². The maximum atomic E-state index is 12.3. The Hall–Kier alpha value is -2.82. The summed E-state index contributed by atoms with van der Waals surface area (Å²) in [6.07, 6.45) is 3.32. The van der Waals surface area contributed by atoms with Crippen molar-refractivity contribution in [3.05, 3.63) is 65.2 Å². The van der Waals surface area contributed by atoms with Crippen LogP contribution in [0.3, 0.4) is 0 Å². The second-order valence-corrected chi connectivity index (χ2v) is 7.65. The van der Waals surface area contributed by atoms with Crippen LogP contribution in [0.15, 0.2) is 53.5 Å². The largest absolute Gasteiger partial charge is 0.370 e. The number of nitrogens with two attached hydrogens (primary N) is 1. The van der Waals surface area contributed by atoms with Crippen LogP contribution in [0.25, 0.3) is 0 Å². The maximum absolute atomic E-state index is 12.3. The van der Waals surface area contributed by atoms with Gasteiger partial charge in [-0.2, -0.15) is 0 Å². The van der Waals surface area contributed by atoms with Crippen molar-refractivity contribution < 1.29 is 4.79 Å². The van der Waals surface area contributed by atoms with Gasteiger partial charge in [-0.25, -0.2) is 0 Å². The Morgan fingerprint density at radius 1 is 1.10 bits per heavy atom. The molecular weight excluding hydrogens is 360 g/mol. The van der Waals surface area contributed by atoms with Crippen molar-refractivity contribution in [1.82, 2.24) is 4.90 Å². The number of anilines is 1. The minimum atomic E-state index is 0.220. The minimum absolute atomic E-state index is 0.220. The molecule has 154 valence electrons. The summed E-state index contributed by atoms with van der Waals surface area (Å²) < 4.78 is 0. The van der Waals surface area contributed by atoms with Gasteiger partial charge in [0.1, 0.15) is 0 Å². The molecule has 5 heteroatoms. The quantitative estimate of drug-likeness (QED) is 0.532. The maximum Gasteiger partial charge on any atom is 0.223 e. The smallest absolute Gasteiger partial charge is 0.223 e. The fourth-order valence-electron chi connectivity index (χ4n) is 3.90. The molecule has 0 spiro atoms. The predicted octanol–water partition coefficient (Wildman–Crippen LogP) is 3.63. The molecule has 1 heterocycles. The molecule has 5 nitrogen and oxygen atoms in total. The Balaban J connectivity index is 1.54. The molecule has 0 aromatic heterocycles. The van der Waals surface area contributed by atoms with Gasteiger partial charge in [0, 0.05) is 37.7 Å². The van der Waals surface area contributed by atoms with Crippen molar-refractivity contribution in [3.63, 3.8) is 0 Å². The van der Waals surface area contributed by atoms with Crippen LogP contribution in [0, 0.1) is 5.92 Å². The van der Waals surface area contributed by atoms with Crippen molar-refractivity contribution in [1.29, 1.82) is 0 Å². The van der Waals surface area contributed by atoms with Crippen molar-refractivity contribution >= 4 is 17.6 Å². The molecule has 1 amide bonds. The van der Waals surface area contributed by atoms with E-state index in [4.69, 9.17) is 5.73 Å². The number of benzene rings is 2. The first kappa shape index (κ1) is 20.9. The molecule has 0 aliphatic carbocycles. The standard InChI is InChI=1S/C24H32N4O/c1-3-20-11-8-12-21(4-2)23(20)27-24(25)26-16-19-15-22(29)28(17-19)14-13-18-9-6-5-7-10-18/h5-12,19H,3-4,13-17H2,1-2H3,(H3,25,26,27). The SMILES string of the molecule is CCc1cccc(CC)c1NC(N)=NCC1CC(=O)N(CCc2ccccc2)C1. The molecule has 1 fully saturated rings. The van der Waals surface area contributed by atoms with Crippen LogP contribution >= 0.6 is 0 Å². The van der Waals surface area contributed by atoms with Gasteiger partial charge in [-0.05, 0) is 36.0 Å². The Labute approximate surface area is 174 Å². The van der Waals surface area contributed by atoms with Crippen LogP contribution in [0.2, 0.25) is 0 Å². The number of amides is 1.